The van der Waals surface area contributed by atoms with Crippen molar-refractivity contribution in [3.05, 3.63) is 56.0 Å². The molecular formula is C16H11BrN2O5. The van der Waals surface area contributed by atoms with Crippen molar-refractivity contribution in [1.29, 1.82) is 0 Å². The highest BCUT2D eigenvalue weighted by molar-refractivity contribution is 9.10. The number of methoxy groups -OCH3 is 1. The van der Waals surface area contributed by atoms with Crippen LogP contribution in [0.4, 0.5) is 11.4 Å². The Kier molecular flexibility index (Phi) is 3.98. The summed E-state index contributed by atoms with van der Waals surface area (Å²) in [6, 6.07) is 7.96. The Morgan fingerprint density at radius 3 is 2.75 bits per heavy atom. The lowest BCUT2D eigenvalue weighted by Crippen LogP contribution is -2.03. The van der Waals surface area contributed by atoms with Crippen molar-refractivity contribution in [3.8, 4) is 11.5 Å². The molecule has 1 amide bonds. The second-order valence-corrected chi connectivity index (χ2v) is 5.97. The predicted molar refractivity (Wildman–Crippen MR) is 92.0 cm³/mol. The van der Waals surface area contributed by atoms with E-state index in [0.717, 1.165) is 4.47 Å². The van der Waals surface area contributed by atoms with Gasteiger partial charge in [-0.3, -0.25) is 14.9 Å². The first kappa shape index (κ1) is 16.0. The largest absolute Gasteiger partial charge is 0.500 e. The van der Waals surface area contributed by atoms with Gasteiger partial charge in [0.2, 0.25) is 5.75 Å². The number of rotatable bonds is 3. The molecule has 0 spiro atoms. The van der Waals surface area contributed by atoms with Gasteiger partial charge >= 0.3 is 5.69 Å². The number of nitrogens with one attached hydrogen (secondary N) is 1. The molecule has 0 saturated heterocycles. The monoisotopic (exact) mass is 390 g/mol. The van der Waals surface area contributed by atoms with E-state index in [9.17, 15) is 20.0 Å². The highest BCUT2D eigenvalue weighted by Crippen LogP contribution is 2.39. The first-order valence-electron chi connectivity index (χ1n) is 6.79. The Labute approximate surface area is 144 Å². The van der Waals surface area contributed by atoms with E-state index < -0.39 is 16.4 Å². The van der Waals surface area contributed by atoms with Crippen LogP contribution in [0.2, 0.25) is 0 Å². The number of benzene rings is 2. The summed E-state index contributed by atoms with van der Waals surface area (Å²) in [5.41, 5.74) is 1.59. The number of aromatic hydroxyl groups is 1. The van der Waals surface area contributed by atoms with Crippen LogP contribution in [0.5, 0.6) is 11.5 Å². The number of fused-ring (bicyclic) bond motifs is 1. The Morgan fingerprint density at radius 2 is 2.08 bits per heavy atom. The van der Waals surface area contributed by atoms with Crippen LogP contribution in [0, 0.1) is 10.1 Å². The normalized spacial score (nSPS) is 14.4. The van der Waals surface area contributed by atoms with Crippen LogP contribution in [0.3, 0.4) is 0 Å². The van der Waals surface area contributed by atoms with Gasteiger partial charge in [-0.15, -0.1) is 0 Å². The number of phenols is 1. The number of hydrogen-bond donors (Lipinski definition) is 2. The van der Waals surface area contributed by atoms with Crippen LogP contribution in [0.25, 0.3) is 11.6 Å². The Morgan fingerprint density at radius 1 is 1.33 bits per heavy atom. The van der Waals surface area contributed by atoms with Gasteiger partial charge in [0, 0.05) is 27.4 Å². The van der Waals surface area contributed by atoms with Gasteiger partial charge in [0.1, 0.15) is 0 Å². The summed E-state index contributed by atoms with van der Waals surface area (Å²) in [5, 5.41) is 23.6. The summed E-state index contributed by atoms with van der Waals surface area (Å²) in [6.45, 7) is 0. The molecule has 122 valence electrons. The molecule has 0 aliphatic carbocycles. The fourth-order valence-corrected chi connectivity index (χ4v) is 2.82. The van der Waals surface area contributed by atoms with Gasteiger partial charge in [0.25, 0.3) is 5.91 Å². The number of ether oxygens (including phenoxy) is 1. The molecule has 24 heavy (non-hydrogen) atoms. The number of hydrogen-bond acceptors (Lipinski definition) is 5. The SMILES string of the molecule is COc1cc(C=C2C(=O)Nc3ccc(Br)cc32)cc([N+](=O)[O-])c1O. The predicted octanol–water partition coefficient (Wildman–Crippen LogP) is 3.56. The van der Waals surface area contributed by atoms with Gasteiger partial charge in [-0.25, -0.2) is 0 Å². The first-order chi connectivity index (χ1) is 11.4. The summed E-state index contributed by atoms with van der Waals surface area (Å²) in [4.78, 5) is 22.5. The smallest absolute Gasteiger partial charge is 0.315 e. The summed E-state index contributed by atoms with van der Waals surface area (Å²) in [7, 11) is 1.30. The van der Waals surface area contributed by atoms with Gasteiger partial charge < -0.3 is 15.2 Å². The van der Waals surface area contributed by atoms with E-state index in [1.54, 1.807) is 18.2 Å². The summed E-state index contributed by atoms with van der Waals surface area (Å²) >= 11 is 3.35. The van der Waals surface area contributed by atoms with E-state index in [1.807, 2.05) is 0 Å². The number of carbonyl (C=O) groups is 1. The number of nitro groups is 1. The first-order valence-corrected chi connectivity index (χ1v) is 7.58. The molecule has 7 nitrogen and oxygen atoms in total. The van der Waals surface area contributed by atoms with Gasteiger partial charge in [-0.1, -0.05) is 15.9 Å². The molecule has 0 saturated carbocycles. The minimum Gasteiger partial charge on any atom is -0.500 e. The van der Waals surface area contributed by atoms with E-state index in [0.29, 0.717) is 22.4 Å². The lowest BCUT2D eigenvalue weighted by molar-refractivity contribution is -0.386. The zero-order chi connectivity index (χ0) is 17.4. The van der Waals surface area contributed by atoms with Crippen LogP contribution in [0.1, 0.15) is 11.1 Å². The molecule has 0 atom stereocenters. The maximum Gasteiger partial charge on any atom is 0.315 e. The van der Waals surface area contributed by atoms with Crippen molar-refractivity contribution in [2.45, 2.75) is 0 Å². The summed E-state index contributed by atoms with van der Waals surface area (Å²) < 4.78 is 5.77. The molecule has 2 aromatic carbocycles. The molecule has 0 unspecified atom stereocenters. The lowest BCUT2D eigenvalue weighted by Gasteiger charge is -2.06. The van der Waals surface area contributed by atoms with Gasteiger partial charge in [0.15, 0.2) is 5.75 Å². The second-order valence-electron chi connectivity index (χ2n) is 5.05. The van der Waals surface area contributed by atoms with E-state index in [4.69, 9.17) is 4.74 Å². The molecule has 2 N–H and O–H groups in total. The highest BCUT2D eigenvalue weighted by Gasteiger charge is 2.25. The zero-order valence-electron chi connectivity index (χ0n) is 12.4. The van der Waals surface area contributed by atoms with Crippen molar-refractivity contribution in [3.63, 3.8) is 0 Å². The van der Waals surface area contributed by atoms with Crippen molar-refractivity contribution in [2.75, 3.05) is 12.4 Å². The molecule has 3 rings (SSSR count). The quantitative estimate of drug-likeness (QED) is 0.473. The van der Waals surface area contributed by atoms with E-state index >= 15 is 0 Å². The fraction of sp³-hybridized carbons (Fsp3) is 0.0625. The molecule has 8 heteroatoms. The number of nitrogens with zero attached hydrogens (tertiary/aromatic N) is 1. The van der Waals surface area contributed by atoms with Crippen LogP contribution >= 0.6 is 15.9 Å². The van der Waals surface area contributed by atoms with E-state index in [1.165, 1.54) is 25.3 Å². The van der Waals surface area contributed by atoms with Crippen LogP contribution in [0.15, 0.2) is 34.8 Å². The van der Waals surface area contributed by atoms with Crippen LogP contribution < -0.4 is 10.1 Å². The average molecular weight is 391 g/mol. The van der Waals surface area contributed by atoms with Gasteiger partial charge in [-0.05, 0) is 35.9 Å². The third kappa shape index (κ3) is 2.71. The molecule has 1 aliphatic rings. The van der Waals surface area contributed by atoms with Crippen molar-refractivity contribution >= 4 is 44.9 Å². The Hall–Kier alpha value is -2.87. The maximum atomic E-state index is 12.2. The number of amides is 1. The fourth-order valence-electron chi connectivity index (χ4n) is 2.46. The van der Waals surface area contributed by atoms with Crippen molar-refractivity contribution in [1.82, 2.24) is 0 Å². The van der Waals surface area contributed by atoms with E-state index in [-0.39, 0.29) is 11.7 Å². The molecule has 0 fully saturated rings. The molecular weight excluding hydrogens is 380 g/mol. The number of anilines is 1. The van der Waals surface area contributed by atoms with Crippen molar-refractivity contribution in [2.24, 2.45) is 0 Å². The highest BCUT2D eigenvalue weighted by atomic mass is 79.9. The maximum absolute atomic E-state index is 12.2. The summed E-state index contributed by atoms with van der Waals surface area (Å²) in [5.74, 6) is -0.898. The van der Waals surface area contributed by atoms with Crippen LogP contribution in [-0.2, 0) is 4.79 Å². The van der Waals surface area contributed by atoms with Crippen LogP contribution in [-0.4, -0.2) is 23.0 Å². The summed E-state index contributed by atoms with van der Waals surface area (Å²) in [6.07, 6.45) is 1.52. The van der Waals surface area contributed by atoms with Crippen molar-refractivity contribution < 1.29 is 19.6 Å². The second kappa shape index (κ2) is 5.97. The lowest BCUT2D eigenvalue weighted by atomic mass is 10.0. The average Bonchev–Trinajstić information content (AvgIpc) is 2.84. The molecule has 0 radical (unpaired) electrons. The molecule has 0 bridgehead atoms. The number of halogens is 1. The topological polar surface area (TPSA) is 102 Å². The Bertz CT molecular complexity index is 908. The molecule has 0 aromatic heterocycles. The molecule has 2 aromatic rings. The molecule has 1 heterocycles. The zero-order valence-corrected chi connectivity index (χ0v) is 14.0. The standard InChI is InChI=1S/C16H11BrN2O5/c1-24-14-6-8(5-13(15(14)20)19(22)23)4-11-10-7-9(17)2-3-12(10)18-16(11)21/h2-7,20H,1H3,(H,18,21). The van der Waals surface area contributed by atoms with Gasteiger partial charge in [0.05, 0.1) is 12.0 Å². The number of nitro benzene ring substituents is 1. The minimum absolute atomic E-state index is 0.0380. The third-order valence-electron chi connectivity index (χ3n) is 3.57. The molecule has 1 aliphatic heterocycles. The Balaban J connectivity index is 2.16. The minimum atomic E-state index is -0.709. The third-order valence-corrected chi connectivity index (χ3v) is 4.06. The van der Waals surface area contributed by atoms with E-state index in [2.05, 4.69) is 21.2 Å². The van der Waals surface area contributed by atoms with Gasteiger partial charge in [-0.2, -0.15) is 0 Å². The number of carbonyl (C=O) groups excluding carboxylic acids is 1. The number of phenolic OH excluding ortho intramolecular Hbond substituents is 1.